The molecule has 0 saturated heterocycles. The van der Waals surface area contributed by atoms with E-state index in [1.807, 2.05) is 4.90 Å². The molecule has 1 atom stereocenters. The summed E-state index contributed by atoms with van der Waals surface area (Å²) in [7, 11) is 0. The van der Waals surface area contributed by atoms with Crippen LogP contribution in [0.3, 0.4) is 0 Å². The molecule has 3 N–H and O–H groups in total. The first-order valence-electron chi connectivity index (χ1n) is 11.9. The third-order valence-corrected chi connectivity index (χ3v) is 7.26. The van der Waals surface area contributed by atoms with Gasteiger partial charge in [0.25, 0.3) is 5.91 Å². The van der Waals surface area contributed by atoms with E-state index in [4.69, 9.17) is 10.5 Å². The Balaban J connectivity index is 1.51. The third kappa shape index (κ3) is 5.16. The van der Waals surface area contributed by atoms with E-state index in [-0.39, 0.29) is 35.7 Å². The van der Waals surface area contributed by atoms with E-state index in [1.165, 1.54) is 12.1 Å². The maximum atomic E-state index is 13.5. The van der Waals surface area contributed by atoms with Gasteiger partial charge in [0.2, 0.25) is 0 Å². The molecule has 2 aliphatic carbocycles. The van der Waals surface area contributed by atoms with Crippen molar-refractivity contribution in [3.63, 3.8) is 0 Å². The monoisotopic (exact) mass is 506 g/mol. The van der Waals surface area contributed by atoms with Crippen molar-refractivity contribution < 1.29 is 32.6 Å². The summed E-state index contributed by atoms with van der Waals surface area (Å²) in [5, 5.41) is 9.91. The Labute approximate surface area is 206 Å². The van der Waals surface area contributed by atoms with Crippen LogP contribution in [-0.4, -0.2) is 56.8 Å². The predicted octanol–water partition coefficient (Wildman–Crippen LogP) is 3.83. The van der Waals surface area contributed by atoms with Gasteiger partial charge in [0.15, 0.2) is 5.60 Å². The molecule has 2 aliphatic rings. The molecule has 2 fully saturated rings. The fraction of sp³-hybridized carbons (Fsp3) is 0.520. The third-order valence-electron chi connectivity index (χ3n) is 7.26. The highest BCUT2D eigenvalue weighted by atomic mass is 19.4. The lowest BCUT2D eigenvalue weighted by Crippen LogP contribution is -2.48. The fourth-order valence-corrected chi connectivity index (χ4v) is 4.88. The first-order valence-corrected chi connectivity index (χ1v) is 11.9. The minimum Gasteiger partial charge on any atom is -0.449 e. The number of nitrogens with two attached hydrogens (primary N) is 1. The van der Waals surface area contributed by atoms with Gasteiger partial charge in [-0.25, -0.2) is 14.8 Å². The molecule has 194 valence electrons. The Morgan fingerprint density at radius 3 is 2.14 bits per heavy atom. The normalized spacial score (nSPS) is 24.0. The summed E-state index contributed by atoms with van der Waals surface area (Å²) in [6.45, 7) is 0.726. The summed E-state index contributed by atoms with van der Waals surface area (Å²) in [5.41, 5.74) is 1.52. The lowest BCUT2D eigenvalue weighted by atomic mass is 9.71. The summed E-state index contributed by atoms with van der Waals surface area (Å²) in [4.78, 5) is 35.3. The first-order chi connectivity index (χ1) is 16.9. The van der Waals surface area contributed by atoms with Crippen molar-refractivity contribution in [1.82, 2.24) is 14.9 Å². The number of aromatic nitrogens is 2. The van der Waals surface area contributed by atoms with Crippen LogP contribution in [0.5, 0.6) is 0 Å². The molecule has 0 radical (unpaired) electrons. The zero-order chi connectivity index (χ0) is 26.1. The Kier molecular flexibility index (Phi) is 6.96. The molecule has 0 aliphatic heterocycles. The van der Waals surface area contributed by atoms with Gasteiger partial charge >= 0.3 is 12.3 Å². The number of carbonyl (C=O) groups excluding carboxylic acids is 2. The molecule has 0 bridgehead atoms. The number of alkyl halides is 3. The van der Waals surface area contributed by atoms with Crippen LogP contribution in [0.1, 0.15) is 67.2 Å². The number of nitrogens with zero attached hydrogens (tertiary/aromatic N) is 3. The summed E-state index contributed by atoms with van der Waals surface area (Å²) < 4.78 is 44.7. The molecule has 0 unspecified atom stereocenters. The number of carbonyl (C=O) groups is 2. The molecule has 2 amide bonds. The molecule has 2 aromatic rings. The van der Waals surface area contributed by atoms with Crippen LogP contribution in [-0.2, 0) is 15.8 Å². The van der Waals surface area contributed by atoms with E-state index in [0.717, 1.165) is 25.0 Å². The van der Waals surface area contributed by atoms with Gasteiger partial charge in [-0.05, 0) is 69.2 Å². The molecule has 0 spiro atoms. The van der Waals surface area contributed by atoms with Gasteiger partial charge in [0, 0.05) is 30.0 Å². The Morgan fingerprint density at radius 1 is 1.08 bits per heavy atom. The van der Waals surface area contributed by atoms with Crippen LogP contribution >= 0.6 is 0 Å². The van der Waals surface area contributed by atoms with Crippen LogP contribution in [0.4, 0.5) is 18.0 Å². The number of amides is 2. The number of benzene rings is 1. The van der Waals surface area contributed by atoms with Crippen LogP contribution < -0.4 is 5.73 Å². The molecule has 8 nitrogen and oxygen atoms in total. The lowest BCUT2D eigenvalue weighted by Gasteiger charge is -2.42. The molecular weight excluding hydrogens is 477 g/mol. The number of aliphatic hydroxyl groups is 1. The highest BCUT2D eigenvalue weighted by molar-refractivity contribution is 5.95. The van der Waals surface area contributed by atoms with Crippen molar-refractivity contribution in [2.45, 2.75) is 74.7 Å². The minimum atomic E-state index is -4.84. The molecule has 1 aromatic carbocycles. The summed E-state index contributed by atoms with van der Waals surface area (Å²) in [5.74, 6) is 0.304. The number of hydrogen-bond acceptors (Lipinski definition) is 6. The summed E-state index contributed by atoms with van der Waals surface area (Å²) in [6, 6.07) is 6.63. The van der Waals surface area contributed by atoms with Crippen molar-refractivity contribution in [2.75, 3.05) is 6.61 Å². The van der Waals surface area contributed by atoms with Gasteiger partial charge in [0.05, 0.1) is 5.41 Å². The van der Waals surface area contributed by atoms with Crippen molar-refractivity contribution in [2.24, 2.45) is 5.73 Å². The molecule has 1 aromatic heterocycles. The van der Waals surface area contributed by atoms with E-state index in [9.17, 15) is 27.9 Å². The SMILES string of the molecule is C[C@](O)(c1ccc(C(=O)N(C2CC2)[C@H]2CC[C@](COC(N)=O)(c3ncccn3)CC2)cc1)C(F)(F)F. The van der Waals surface area contributed by atoms with Gasteiger partial charge in [-0.3, -0.25) is 4.79 Å². The van der Waals surface area contributed by atoms with Gasteiger partial charge in [-0.1, -0.05) is 12.1 Å². The molecule has 4 rings (SSSR count). The van der Waals surface area contributed by atoms with Crippen LogP contribution in [0.15, 0.2) is 42.7 Å². The van der Waals surface area contributed by atoms with E-state index in [1.54, 1.807) is 18.5 Å². The summed E-state index contributed by atoms with van der Waals surface area (Å²) in [6.07, 6.45) is 1.62. The minimum absolute atomic E-state index is 0.0387. The van der Waals surface area contributed by atoms with E-state index >= 15 is 0 Å². The van der Waals surface area contributed by atoms with Crippen molar-refractivity contribution in [3.05, 3.63) is 59.7 Å². The number of rotatable bonds is 7. The first kappa shape index (κ1) is 25.9. The average Bonchev–Trinajstić information content (AvgIpc) is 3.69. The lowest BCUT2D eigenvalue weighted by molar-refractivity contribution is -0.258. The second-order valence-electron chi connectivity index (χ2n) is 9.78. The maximum Gasteiger partial charge on any atom is 0.421 e. The largest absolute Gasteiger partial charge is 0.449 e. The molecule has 11 heteroatoms. The van der Waals surface area contributed by atoms with Crippen molar-refractivity contribution in [1.29, 1.82) is 0 Å². The van der Waals surface area contributed by atoms with Gasteiger partial charge in [0.1, 0.15) is 12.4 Å². The second kappa shape index (κ2) is 9.68. The highest BCUT2D eigenvalue weighted by Crippen LogP contribution is 2.43. The molecule has 1 heterocycles. The molecule has 36 heavy (non-hydrogen) atoms. The quantitative estimate of drug-likeness (QED) is 0.589. The predicted molar refractivity (Wildman–Crippen MR) is 123 cm³/mol. The Bertz CT molecular complexity index is 1080. The zero-order valence-electron chi connectivity index (χ0n) is 19.9. The van der Waals surface area contributed by atoms with E-state index in [0.29, 0.717) is 38.4 Å². The van der Waals surface area contributed by atoms with Gasteiger partial charge in [-0.2, -0.15) is 13.2 Å². The zero-order valence-corrected chi connectivity index (χ0v) is 19.9. The fourth-order valence-electron chi connectivity index (χ4n) is 4.88. The van der Waals surface area contributed by atoms with E-state index in [2.05, 4.69) is 9.97 Å². The topological polar surface area (TPSA) is 119 Å². The molecular formula is C25H29F3N4O4. The average molecular weight is 507 g/mol. The van der Waals surface area contributed by atoms with Crippen molar-refractivity contribution >= 4 is 12.0 Å². The number of halogens is 3. The van der Waals surface area contributed by atoms with Gasteiger partial charge < -0.3 is 20.5 Å². The van der Waals surface area contributed by atoms with Crippen LogP contribution in [0.2, 0.25) is 0 Å². The standard InChI is InChI=1S/C25H29F3N4O4/c1-23(35,25(26,27)28)17-5-3-16(4-6-17)20(33)32(18-7-8-18)19-9-11-24(12-10-19,15-36-22(29)34)21-30-13-2-14-31-21/h2-6,13-14,18-19,35H,7-12,15H2,1H3,(H2,29,34)/t19-,23-,24-/m0/s1. The van der Waals surface area contributed by atoms with Crippen LogP contribution in [0.25, 0.3) is 0 Å². The maximum absolute atomic E-state index is 13.5. The Hall–Kier alpha value is -3.21. The smallest absolute Gasteiger partial charge is 0.421 e. The highest BCUT2D eigenvalue weighted by Gasteiger charge is 2.51. The van der Waals surface area contributed by atoms with E-state index < -0.39 is 23.3 Å². The summed E-state index contributed by atoms with van der Waals surface area (Å²) >= 11 is 0. The Morgan fingerprint density at radius 2 is 1.64 bits per heavy atom. The van der Waals surface area contributed by atoms with Gasteiger partial charge in [-0.15, -0.1) is 0 Å². The van der Waals surface area contributed by atoms with Crippen molar-refractivity contribution in [3.8, 4) is 0 Å². The second-order valence-corrected chi connectivity index (χ2v) is 9.78. The van der Waals surface area contributed by atoms with Crippen LogP contribution in [0, 0.1) is 0 Å². The number of primary amides is 1. The number of hydrogen-bond donors (Lipinski definition) is 2. The number of ether oxygens (including phenoxy) is 1. The molecule has 2 saturated carbocycles.